The second-order valence-corrected chi connectivity index (χ2v) is 6.65. The first kappa shape index (κ1) is 16.4. The lowest BCUT2D eigenvalue weighted by atomic mass is 10.1. The van der Waals surface area contributed by atoms with Crippen molar-refractivity contribution in [1.82, 2.24) is 19.7 Å². The van der Waals surface area contributed by atoms with Gasteiger partial charge in [-0.1, -0.05) is 65.8 Å². The molecule has 2 heterocycles. The van der Waals surface area contributed by atoms with Crippen molar-refractivity contribution < 1.29 is 4.52 Å². The molecule has 0 unspecified atom stereocenters. The topological polar surface area (TPSA) is 56.7 Å². The highest BCUT2D eigenvalue weighted by molar-refractivity contribution is 5.81. The Kier molecular flexibility index (Phi) is 4.18. The maximum absolute atomic E-state index is 4.92. The number of aromatic nitrogens is 4. The molecule has 0 aliphatic rings. The van der Waals surface area contributed by atoms with Crippen LogP contribution in [0.3, 0.4) is 0 Å². The Morgan fingerprint density at radius 2 is 1.64 bits per heavy atom. The molecule has 0 spiro atoms. The summed E-state index contributed by atoms with van der Waals surface area (Å²) in [6.45, 7) is 0.853. The summed E-state index contributed by atoms with van der Waals surface area (Å²) in [5.41, 5.74) is 5.39. The van der Waals surface area contributed by atoms with Gasteiger partial charge in [-0.05, 0) is 30.2 Å². The van der Waals surface area contributed by atoms with E-state index in [1.54, 1.807) is 0 Å². The first-order valence-corrected chi connectivity index (χ1v) is 9.25. The highest BCUT2D eigenvalue weighted by Crippen LogP contribution is 2.28. The minimum absolute atomic E-state index is 0.578. The second kappa shape index (κ2) is 7.12. The zero-order valence-electron chi connectivity index (χ0n) is 15.2. The summed E-state index contributed by atoms with van der Waals surface area (Å²) in [6, 6.07) is 26.9. The first-order chi connectivity index (χ1) is 13.9. The fourth-order valence-corrected chi connectivity index (χ4v) is 3.50. The smallest absolute Gasteiger partial charge is 0.214 e. The third-order valence-electron chi connectivity index (χ3n) is 4.86. The van der Waals surface area contributed by atoms with E-state index in [1.807, 2.05) is 24.3 Å². The molecule has 0 radical (unpaired) electrons. The molecule has 0 atom stereocenters. The largest absolute Gasteiger partial charge is 0.342 e. The molecule has 28 heavy (non-hydrogen) atoms. The lowest BCUT2D eigenvalue weighted by Gasteiger charge is -2.10. The quantitative estimate of drug-likeness (QED) is 0.439. The number of nitrogens with zero attached hydrogens (tertiary/aromatic N) is 4. The van der Waals surface area contributed by atoms with Gasteiger partial charge in [-0.2, -0.15) is 4.98 Å². The van der Waals surface area contributed by atoms with Crippen LogP contribution in [-0.4, -0.2) is 19.7 Å². The van der Waals surface area contributed by atoms with E-state index >= 15 is 0 Å². The zero-order valence-corrected chi connectivity index (χ0v) is 15.2. The van der Waals surface area contributed by atoms with Gasteiger partial charge in [-0.15, -0.1) is 0 Å². The van der Waals surface area contributed by atoms with Crippen molar-refractivity contribution in [1.29, 1.82) is 0 Å². The normalized spacial score (nSPS) is 11.1. The molecular weight excluding hydrogens is 348 g/mol. The Bertz CT molecular complexity index is 1210. The van der Waals surface area contributed by atoms with E-state index in [4.69, 9.17) is 9.51 Å². The Morgan fingerprint density at radius 3 is 2.50 bits per heavy atom. The SMILES string of the molecule is c1ccc(CCn2c(-c3cccc(-c4ncon4)c3)nc3ccccc32)cc1. The van der Waals surface area contributed by atoms with Crippen LogP contribution < -0.4 is 0 Å². The van der Waals surface area contributed by atoms with Gasteiger partial charge in [-0.3, -0.25) is 0 Å². The number of imidazole rings is 1. The van der Waals surface area contributed by atoms with Gasteiger partial charge >= 0.3 is 0 Å². The summed E-state index contributed by atoms with van der Waals surface area (Å²) in [6.07, 6.45) is 2.29. The van der Waals surface area contributed by atoms with Crippen molar-refractivity contribution in [2.75, 3.05) is 0 Å². The Hall–Kier alpha value is -3.73. The highest BCUT2D eigenvalue weighted by atomic mass is 16.5. The number of aryl methyl sites for hydroxylation is 2. The molecule has 0 aliphatic heterocycles. The van der Waals surface area contributed by atoms with Crippen LogP contribution in [0.4, 0.5) is 0 Å². The molecule has 5 aromatic rings. The molecule has 5 nitrogen and oxygen atoms in total. The summed E-state index contributed by atoms with van der Waals surface area (Å²) < 4.78 is 7.18. The molecule has 0 saturated heterocycles. The maximum Gasteiger partial charge on any atom is 0.214 e. The van der Waals surface area contributed by atoms with Crippen LogP contribution >= 0.6 is 0 Å². The van der Waals surface area contributed by atoms with Crippen molar-refractivity contribution in [3.05, 3.63) is 90.8 Å². The standard InChI is InChI=1S/C23H18N4O/c1-2-7-17(8-3-1)13-14-27-21-12-5-4-11-20(21)25-23(27)19-10-6-9-18(15-19)22-24-16-28-26-22/h1-12,15-16H,13-14H2. The summed E-state index contributed by atoms with van der Waals surface area (Å²) in [4.78, 5) is 9.07. The number of hydrogen-bond acceptors (Lipinski definition) is 4. The Labute approximate surface area is 162 Å². The molecule has 0 amide bonds. The van der Waals surface area contributed by atoms with Crippen molar-refractivity contribution in [2.24, 2.45) is 0 Å². The van der Waals surface area contributed by atoms with E-state index in [2.05, 4.69) is 69.3 Å². The van der Waals surface area contributed by atoms with Crippen LogP contribution in [0, 0.1) is 0 Å². The van der Waals surface area contributed by atoms with Gasteiger partial charge in [0.1, 0.15) is 5.82 Å². The zero-order chi connectivity index (χ0) is 18.8. The van der Waals surface area contributed by atoms with E-state index in [1.165, 1.54) is 12.0 Å². The van der Waals surface area contributed by atoms with E-state index < -0.39 is 0 Å². The van der Waals surface area contributed by atoms with Crippen LogP contribution in [-0.2, 0) is 13.0 Å². The van der Waals surface area contributed by atoms with E-state index in [-0.39, 0.29) is 0 Å². The highest BCUT2D eigenvalue weighted by Gasteiger charge is 2.14. The molecule has 0 N–H and O–H groups in total. The predicted octanol–water partition coefficient (Wildman–Crippen LogP) is 5.00. The molecular formula is C23H18N4O. The van der Waals surface area contributed by atoms with Gasteiger partial charge in [0.2, 0.25) is 12.2 Å². The summed E-state index contributed by atoms with van der Waals surface area (Å²) in [7, 11) is 0. The lowest BCUT2D eigenvalue weighted by Crippen LogP contribution is -2.03. The summed E-state index contributed by atoms with van der Waals surface area (Å²) >= 11 is 0. The van der Waals surface area contributed by atoms with Crippen molar-refractivity contribution in [2.45, 2.75) is 13.0 Å². The number of hydrogen-bond donors (Lipinski definition) is 0. The fraction of sp³-hybridized carbons (Fsp3) is 0.0870. The van der Waals surface area contributed by atoms with Crippen molar-refractivity contribution in [3.63, 3.8) is 0 Å². The maximum atomic E-state index is 4.92. The van der Waals surface area contributed by atoms with E-state index in [0.29, 0.717) is 5.82 Å². The third-order valence-corrected chi connectivity index (χ3v) is 4.86. The van der Waals surface area contributed by atoms with Crippen molar-refractivity contribution >= 4 is 11.0 Å². The lowest BCUT2D eigenvalue weighted by molar-refractivity contribution is 0.419. The van der Waals surface area contributed by atoms with Gasteiger partial charge in [0.25, 0.3) is 0 Å². The number of para-hydroxylation sites is 2. The predicted molar refractivity (Wildman–Crippen MR) is 109 cm³/mol. The van der Waals surface area contributed by atoms with Gasteiger partial charge in [-0.25, -0.2) is 4.98 Å². The van der Waals surface area contributed by atoms with Crippen LogP contribution in [0.15, 0.2) is 89.8 Å². The molecule has 5 heteroatoms. The van der Waals surface area contributed by atoms with E-state index in [0.717, 1.165) is 41.0 Å². The molecule has 0 bridgehead atoms. The minimum Gasteiger partial charge on any atom is -0.342 e. The second-order valence-electron chi connectivity index (χ2n) is 6.65. The van der Waals surface area contributed by atoms with Crippen LogP contribution in [0.1, 0.15) is 5.56 Å². The summed E-state index contributed by atoms with van der Waals surface area (Å²) in [5, 5.41) is 3.95. The minimum atomic E-state index is 0.578. The molecule has 2 aromatic heterocycles. The van der Waals surface area contributed by atoms with Gasteiger partial charge in [0, 0.05) is 17.7 Å². The van der Waals surface area contributed by atoms with Gasteiger partial charge < -0.3 is 9.09 Å². The Balaban J connectivity index is 1.58. The first-order valence-electron chi connectivity index (χ1n) is 9.25. The molecule has 5 rings (SSSR count). The van der Waals surface area contributed by atoms with Crippen LogP contribution in [0.2, 0.25) is 0 Å². The number of benzene rings is 3. The third kappa shape index (κ3) is 3.07. The molecule has 0 fully saturated rings. The monoisotopic (exact) mass is 366 g/mol. The fourth-order valence-electron chi connectivity index (χ4n) is 3.50. The molecule has 136 valence electrons. The average Bonchev–Trinajstić information content (AvgIpc) is 3.41. The van der Waals surface area contributed by atoms with Crippen molar-refractivity contribution in [3.8, 4) is 22.8 Å². The van der Waals surface area contributed by atoms with E-state index in [9.17, 15) is 0 Å². The van der Waals surface area contributed by atoms with Gasteiger partial charge in [0.15, 0.2) is 0 Å². The van der Waals surface area contributed by atoms with Gasteiger partial charge in [0.05, 0.1) is 11.0 Å². The van der Waals surface area contributed by atoms with Crippen LogP contribution in [0.25, 0.3) is 33.8 Å². The summed E-state index contributed by atoms with van der Waals surface area (Å²) in [5.74, 6) is 1.52. The number of fused-ring (bicyclic) bond motifs is 1. The van der Waals surface area contributed by atoms with Crippen LogP contribution in [0.5, 0.6) is 0 Å². The Morgan fingerprint density at radius 1 is 0.821 bits per heavy atom. The molecule has 0 saturated carbocycles. The molecule has 0 aliphatic carbocycles. The number of rotatable bonds is 5. The average molecular weight is 366 g/mol. The molecule has 3 aromatic carbocycles.